The lowest BCUT2D eigenvalue weighted by atomic mass is 9.97. The van der Waals surface area contributed by atoms with Gasteiger partial charge in [-0.05, 0) is 55.2 Å². The van der Waals surface area contributed by atoms with Crippen molar-refractivity contribution in [3.8, 4) is 11.5 Å². The van der Waals surface area contributed by atoms with Gasteiger partial charge in [0.05, 0.1) is 6.20 Å². The summed E-state index contributed by atoms with van der Waals surface area (Å²) in [6.45, 7) is 2.35. The van der Waals surface area contributed by atoms with E-state index in [1.807, 2.05) is 70.4 Å². The van der Waals surface area contributed by atoms with Crippen LogP contribution < -0.4 is 4.74 Å². The molecular formula is C21H22N4O2. The molecule has 6 heteroatoms. The van der Waals surface area contributed by atoms with E-state index >= 15 is 0 Å². The Morgan fingerprint density at radius 2 is 1.85 bits per heavy atom. The predicted octanol–water partition coefficient (Wildman–Crippen LogP) is 3.62. The number of hydrogen-bond donors (Lipinski definition) is 0. The van der Waals surface area contributed by atoms with Crippen LogP contribution in [0.1, 0.15) is 23.2 Å². The highest BCUT2D eigenvalue weighted by Gasteiger charge is 2.25. The first-order valence-corrected chi connectivity index (χ1v) is 9.24. The van der Waals surface area contributed by atoms with Crippen LogP contribution in [0.3, 0.4) is 0 Å². The molecule has 0 spiro atoms. The highest BCUT2D eigenvalue weighted by Crippen LogP contribution is 2.23. The smallest absolute Gasteiger partial charge is 0.253 e. The number of amides is 1. The fraction of sp³-hybridized carbons (Fsp3) is 0.286. The molecular weight excluding hydrogens is 340 g/mol. The maximum atomic E-state index is 12.9. The molecule has 1 amide bonds. The second kappa shape index (κ2) is 8.03. The second-order valence-corrected chi connectivity index (χ2v) is 6.82. The van der Waals surface area contributed by atoms with Gasteiger partial charge in [-0.2, -0.15) is 0 Å². The van der Waals surface area contributed by atoms with Gasteiger partial charge in [-0.25, -0.2) is 0 Å². The van der Waals surface area contributed by atoms with E-state index in [1.54, 1.807) is 6.20 Å². The summed E-state index contributed by atoms with van der Waals surface area (Å²) in [6, 6.07) is 17.0. The molecule has 4 rings (SSSR count). The molecule has 2 aromatic carbocycles. The highest BCUT2D eigenvalue weighted by molar-refractivity contribution is 5.94. The standard InChI is InChI=1S/C21H22N4O2/c26-21(24-13-4-5-17(15-24)16-25-14-12-22-23-25)18-8-10-20(11-9-18)27-19-6-2-1-3-7-19/h1-3,6-12,14,17H,4-5,13,15-16H2. The largest absolute Gasteiger partial charge is 0.457 e. The Bertz CT molecular complexity index is 863. The number of benzene rings is 2. The molecule has 0 N–H and O–H groups in total. The molecule has 0 radical (unpaired) electrons. The molecule has 1 aliphatic heterocycles. The fourth-order valence-electron chi connectivity index (χ4n) is 3.47. The number of hydrogen-bond acceptors (Lipinski definition) is 4. The van der Waals surface area contributed by atoms with Crippen molar-refractivity contribution in [3.63, 3.8) is 0 Å². The summed E-state index contributed by atoms with van der Waals surface area (Å²) >= 11 is 0. The first kappa shape index (κ1) is 17.3. The van der Waals surface area contributed by atoms with E-state index in [0.29, 0.717) is 11.5 Å². The Kier molecular flexibility index (Phi) is 5.14. The summed E-state index contributed by atoms with van der Waals surface area (Å²) < 4.78 is 7.64. The van der Waals surface area contributed by atoms with Crippen molar-refractivity contribution in [1.82, 2.24) is 19.9 Å². The van der Waals surface area contributed by atoms with Crippen LogP contribution in [0.4, 0.5) is 0 Å². The monoisotopic (exact) mass is 362 g/mol. The lowest BCUT2D eigenvalue weighted by molar-refractivity contribution is 0.0659. The normalized spacial score (nSPS) is 16.9. The fourth-order valence-corrected chi connectivity index (χ4v) is 3.47. The van der Waals surface area contributed by atoms with Crippen molar-refractivity contribution in [2.75, 3.05) is 13.1 Å². The molecule has 1 unspecified atom stereocenters. The Hall–Kier alpha value is -3.15. The van der Waals surface area contributed by atoms with Gasteiger partial charge in [-0.3, -0.25) is 9.48 Å². The van der Waals surface area contributed by atoms with Gasteiger partial charge in [0.15, 0.2) is 0 Å². The van der Waals surface area contributed by atoms with E-state index in [2.05, 4.69) is 10.3 Å². The van der Waals surface area contributed by atoms with Crippen LogP contribution in [0.25, 0.3) is 0 Å². The summed E-state index contributed by atoms with van der Waals surface area (Å²) in [5.41, 5.74) is 0.691. The summed E-state index contributed by atoms with van der Waals surface area (Å²) in [5.74, 6) is 1.98. The molecule has 1 atom stereocenters. The molecule has 1 aliphatic rings. The quantitative estimate of drug-likeness (QED) is 0.695. The highest BCUT2D eigenvalue weighted by atomic mass is 16.5. The van der Waals surface area contributed by atoms with Crippen molar-refractivity contribution in [1.29, 1.82) is 0 Å². The minimum Gasteiger partial charge on any atom is -0.457 e. The van der Waals surface area contributed by atoms with Gasteiger partial charge in [0.1, 0.15) is 11.5 Å². The van der Waals surface area contributed by atoms with Crippen LogP contribution in [0, 0.1) is 5.92 Å². The second-order valence-electron chi connectivity index (χ2n) is 6.82. The number of para-hydroxylation sites is 1. The van der Waals surface area contributed by atoms with Crippen molar-refractivity contribution in [2.45, 2.75) is 19.4 Å². The number of rotatable bonds is 5. The summed E-state index contributed by atoms with van der Waals surface area (Å²) in [5, 5.41) is 7.88. The van der Waals surface area contributed by atoms with Crippen LogP contribution >= 0.6 is 0 Å². The third kappa shape index (κ3) is 4.34. The van der Waals surface area contributed by atoms with E-state index < -0.39 is 0 Å². The van der Waals surface area contributed by atoms with E-state index in [1.165, 1.54) is 0 Å². The van der Waals surface area contributed by atoms with Crippen LogP contribution in [0.5, 0.6) is 11.5 Å². The number of nitrogens with zero attached hydrogens (tertiary/aromatic N) is 4. The van der Waals surface area contributed by atoms with E-state index in [9.17, 15) is 4.79 Å². The number of carbonyl (C=O) groups excluding carboxylic acids is 1. The van der Waals surface area contributed by atoms with Crippen molar-refractivity contribution < 1.29 is 9.53 Å². The molecule has 138 valence electrons. The zero-order valence-electron chi connectivity index (χ0n) is 15.1. The third-order valence-corrected chi connectivity index (χ3v) is 4.80. The lowest BCUT2D eigenvalue weighted by Gasteiger charge is -2.32. The first-order valence-electron chi connectivity index (χ1n) is 9.24. The maximum absolute atomic E-state index is 12.9. The Morgan fingerprint density at radius 1 is 1.07 bits per heavy atom. The lowest BCUT2D eigenvalue weighted by Crippen LogP contribution is -2.41. The predicted molar refractivity (Wildman–Crippen MR) is 102 cm³/mol. The molecule has 0 bridgehead atoms. The van der Waals surface area contributed by atoms with Gasteiger partial charge < -0.3 is 9.64 Å². The van der Waals surface area contributed by atoms with Crippen LogP contribution in [-0.4, -0.2) is 38.9 Å². The average Bonchev–Trinajstić information content (AvgIpc) is 3.22. The summed E-state index contributed by atoms with van der Waals surface area (Å²) in [7, 11) is 0. The minimum absolute atomic E-state index is 0.0737. The third-order valence-electron chi connectivity index (χ3n) is 4.80. The molecule has 2 heterocycles. The zero-order valence-corrected chi connectivity index (χ0v) is 15.1. The van der Waals surface area contributed by atoms with Crippen LogP contribution in [0.2, 0.25) is 0 Å². The van der Waals surface area contributed by atoms with Crippen molar-refractivity contribution >= 4 is 5.91 Å². The molecule has 6 nitrogen and oxygen atoms in total. The average molecular weight is 362 g/mol. The van der Waals surface area contributed by atoms with Crippen LogP contribution in [-0.2, 0) is 6.54 Å². The van der Waals surface area contributed by atoms with E-state index in [-0.39, 0.29) is 5.91 Å². The number of carbonyl (C=O) groups is 1. The van der Waals surface area contributed by atoms with Crippen molar-refractivity contribution in [3.05, 3.63) is 72.6 Å². The Labute approximate surface area is 158 Å². The minimum atomic E-state index is 0.0737. The molecule has 3 aromatic rings. The molecule has 0 saturated carbocycles. The zero-order chi connectivity index (χ0) is 18.5. The molecule has 1 saturated heterocycles. The van der Waals surface area contributed by atoms with Gasteiger partial charge in [0.25, 0.3) is 5.91 Å². The topological polar surface area (TPSA) is 60.2 Å². The Morgan fingerprint density at radius 3 is 2.59 bits per heavy atom. The summed E-state index contributed by atoms with van der Waals surface area (Å²) in [4.78, 5) is 14.8. The number of likely N-dealkylation sites (tertiary alicyclic amines) is 1. The van der Waals surface area contributed by atoms with Gasteiger partial charge in [-0.1, -0.05) is 23.4 Å². The van der Waals surface area contributed by atoms with Gasteiger partial charge in [0.2, 0.25) is 0 Å². The van der Waals surface area contributed by atoms with E-state index in [0.717, 1.165) is 44.0 Å². The number of aromatic nitrogens is 3. The van der Waals surface area contributed by atoms with Crippen molar-refractivity contribution in [2.24, 2.45) is 5.92 Å². The molecule has 1 aromatic heterocycles. The maximum Gasteiger partial charge on any atom is 0.253 e. The van der Waals surface area contributed by atoms with Crippen LogP contribution in [0.15, 0.2) is 67.0 Å². The number of piperidine rings is 1. The molecule has 0 aliphatic carbocycles. The SMILES string of the molecule is O=C(c1ccc(Oc2ccccc2)cc1)N1CCCC(Cn2ccnn2)C1. The molecule has 27 heavy (non-hydrogen) atoms. The Balaban J connectivity index is 1.38. The van der Waals surface area contributed by atoms with Gasteiger partial charge in [0, 0.05) is 31.4 Å². The van der Waals surface area contributed by atoms with E-state index in [4.69, 9.17) is 4.74 Å². The summed E-state index contributed by atoms with van der Waals surface area (Å²) in [6.07, 6.45) is 5.67. The molecule has 1 fully saturated rings. The van der Waals surface area contributed by atoms with Gasteiger partial charge in [-0.15, -0.1) is 5.10 Å². The first-order chi connectivity index (χ1) is 13.3. The number of ether oxygens (including phenoxy) is 1. The van der Waals surface area contributed by atoms with Gasteiger partial charge >= 0.3 is 0 Å².